The lowest BCUT2D eigenvalue weighted by atomic mass is 10.1. The van der Waals surface area contributed by atoms with Crippen LogP contribution < -0.4 is 5.32 Å². The van der Waals surface area contributed by atoms with E-state index in [0.29, 0.717) is 12.0 Å². The van der Waals surface area contributed by atoms with E-state index in [-0.39, 0.29) is 0 Å². The lowest BCUT2D eigenvalue weighted by molar-refractivity contribution is 0.332. The van der Waals surface area contributed by atoms with Crippen LogP contribution in [0.2, 0.25) is 0 Å². The van der Waals surface area contributed by atoms with Gasteiger partial charge in [0.1, 0.15) is 12.2 Å². The third kappa shape index (κ3) is 1.72. The predicted molar refractivity (Wildman–Crippen MR) is 50.5 cm³/mol. The average molecular weight is 180 g/mol. The van der Waals surface area contributed by atoms with E-state index < -0.39 is 0 Å². The summed E-state index contributed by atoms with van der Waals surface area (Å²) in [6.45, 7) is 6.53. The minimum Gasteiger partial charge on any atom is -0.313 e. The Labute approximate surface area is 78.4 Å². The van der Waals surface area contributed by atoms with Crippen molar-refractivity contribution in [3.8, 4) is 0 Å². The molecular formula is C9H16N4. The number of hydrogen-bond donors (Lipinski definition) is 1. The maximum absolute atomic E-state index is 4.14. The Morgan fingerprint density at radius 3 is 2.92 bits per heavy atom. The molecule has 0 radical (unpaired) electrons. The predicted octanol–water partition coefficient (Wildman–Crippen LogP) is 0.621. The number of aromatic nitrogens is 3. The third-order valence-corrected chi connectivity index (χ3v) is 2.39. The minimum absolute atomic E-state index is 0.587. The number of rotatable bonds is 3. The quantitative estimate of drug-likeness (QED) is 0.741. The number of nitrogens with one attached hydrogen (secondary N) is 1. The molecule has 2 heterocycles. The Morgan fingerprint density at radius 2 is 2.38 bits per heavy atom. The van der Waals surface area contributed by atoms with Gasteiger partial charge >= 0.3 is 0 Å². The van der Waals surface area contributed by atoms with E-state index in [4.69, 9.17) is 0 Å². The van der Waals surface area contributed by atoms with E-state index in [9.17, 15) is 0 Å². The molecule has 4 heteroatoms. The van der Waals surface area contributed by atoms with Crippen molar-refractivity contribution in [1.82, 2.24) is 20.1 Å². The molecule has 4 nitrogen and oxygen atoms in total. The van der Waals surface area contributed by atoms with Crippen LogP contribution in [0.4, 0.5) is 0 Å². The third-order valence-electron chi connectivity index (χ3n) is 2.39. The van der Waals surface area contributed by atoms with Gasteiger partial charge in [0, 0.05) is 19.5 Å². The van der Waals surface area contributed by atoms with Crippen LogP contribution in [0.5, 0.6) is 0 Å². The zero-order valence-electron chi connectivity index (χ0n) is 8.20. The molecule has 1 aromatic rings. The van der Waals surface area contributed by atoms with Crippen molar-refractivity contribution in [1.29, 1.82) is 0 Å². The number of nitrogens with zero attached hydrogens (tertiary/aromatic N) is 3. The fourth-order valence-electron chi connectivity index (χ4n) is 1.55. The molecule has 0 amide bonds. The highest BCUT2D eigenvalue weighted by molar-refractivity contribution is 4.94. The van der Waals surface area contributed by atoms with Crippen LogP contribution in [0.1, 0.15) is 25.7 Å². The molecule has 0 spiro atoms. The first kappa shape index (κ1) is 8.69. The molecule has 1 N–H and O–H groups in total. The highest BCUT2D eigenvalue weighted by atomic mass is 15.3. The van der Waals surface area contributed by atoms with Crippen LogP contribution in [0.25, 0.3) is 0 Å². The summed E-state index contributed by atoms with van der Waals surface area (Å²) in [5.41, 5.74) is 0. The van der Waals surface area contributed by atoms with Crippen LogP contribution in [-0.2, 0) is 6.42 Å². The van der Waals surface area contributed by atoms with Crippen LogP contribution in [0.15, 0.2) is 6.33 Å². The topological polar surface area (TPSA) is 42.7 Å². The molecule has 1 saturated heterocycles. The lowest BCUT2D eigenvalue weighted by Crippen LogP contribution is -2.43. The summed E-state index contributed by atoms with van der Waals surface area (Å²) in [7, 11) is 0. The molecule has 1 fully saturated rings. The number of hydrogen-bond acceptors (Lipinski definition) is 3. The molecule has 72 valence electrons. The molecule has 1 aromatic heterocycles. The summed E-state index contributed by atoms with van der Waals surface area (Å²) in [6, 6.07) is 0.587. The molecule has 0 saturated carbocycles. The van der Waals surface area contributed by atoms with Gasteiger partial charge in [0.2, 0.25) is 0 Å². The monoisotopic (exact) mass is 180 g/mol. The van der Waals surface area contributed by atoms with E-state index in [1.54, 1.807) is 0 Å². The minimum atomic E-state index is 0.587. The van der Waals surface area contributed by atoms with Crippen LogP contribution in [-0.4, -0.2) is 27.9 Å². The molecule has 1 aliphatic heterocycles. The maximum Gasteiger partial charge on any atom is 0.133 e. The van der Waals surface area contributed by atoms with Crippen molar-refractivity contribution < 1.29 is 0 Å². The Balaban J connectivity index is 2.10. The summed E-state index contributed by atoms with van der Waals surface area (Å²) in [5, 5.41) is 11.4. The van der Waals surface area contributed by atoms with Crippen molar-refractivity contribution in [2.75, 3.05) is 13.1 Å². The maximum atomic E-state index is 4.14. The summed E-state index contributed by atoms with van der Waals surface area (Å²) in [5.74, 6) is 1.78. The molecular weight excluding hydrogens is 164 g/mol. The van der Waals surface area contributed by atoms with Gasteiger partial charge in [0.25, 0.3) is 0 Å². The summed E-state index contributed by atoms with van der Waals surface area (Å²) in [4.78, 5) is 0. The fraction of sp³-hybridized carbons (Fsp3) is 0.778. The lowest BCUT2D eigenvalue weighted by Gasteiger charge is -2.29. The van der Waals surface area contributed by atoms with Gasteiger partial charge in [-0.3, -0.25) is 0 Å². The SMILES string of the molecule is CC(C)Cc1nncn1C1CNC1. The van der Waals surface area contributed by atoms with Gasteiger partial charge < -0.3 is 9.88 Å². The zero-order chi connectivity index (χ0) is 9.26. The van der Waals surface area contributed by atoms with Crippen molar-refractivity contribution in [3.63, 3.8) is 0 Å². The highest BCUT2D eigenvalue weighted by Gasteiger charge is 2.21. The zero-order valence-corrected chi connectivity index (χ0v) is 8.20. The van der Waals surface area contributed by atoms with E-state index in [0.717, 1.165) is 25.3 Å². The Hall–Kier alpha value is -0.900. The largest absolute Gasteiger partial charge is 0.313 e. The average Bonchev–Trinajstić information content (AvgIpc) is 2.32. The Kier molecular flexibility index (Phi) is 2.31. The van der Waals surface area contributed by atoms with Gasteiger partial charge in [-0.1, -0.05) is 13.8 Å². The molecule has 0 atom stereocenters. The van der Waals surface area contributed by atoms with Crippen molar-refractivity contribution in [3.05, 3.63) is 12.2 Å². The summed E-state index contributed by atoms with van der Waals surface area (Å²) < 4.78 is 2.20. The van der Waals surface area contributed by atoms with E-state index >= 15 is 0 Å². The molecule has 0 aromatic carbocycles. The summed E-state index contributed by atoms with van der Waals surface area (Å²) >= 11 is 0. The first-order valence-electron chi connectivity index (χ1n) is 4.86. The van der Waals surface area contributed by atoms with E-state index in [1.807, 2.05) is 6.33 Å². The van der Waals surface area contributed by atoms with Crippen molar-refractivity contribution in [2.45, 2.75) is 26.3 Å². The van der Waals surface area contributed by atoms with Gasteiger partial charge in [-0.05, 0) is 5.92 Å². The Morgan fingerprint density at radius 1 is 1.62 bits per heavy atom. The first-order chi connectivity index (χ1) is 6.27. The molecule has 13 heavy (non-hydrogen) atoms. The van der Waals surface area contributed by atoms with Gasteiger partial charge in [-0.2, -0.15) is 0 Å². The molecule has 1 aliphatic rings. The van der Waals surface area contributed by atoms with Crippen molar-refractivity contribution >= 4 is 0 Å². The normalized spacial score (nSPS) is 17.8. The molecule has 0 bridgehead atoms. The van der Waals surface area contributed by atoms with Gasteiger partial charge in [-0.15, -0.1) is 10.2 Å². The van der Waals surface area contributed by atoms with Gasteiger partial charge in [0.15, 0.2) is 0 Å². The van der Waals surface area contributed by atoms with E-state index in [2.05, 4.69) is 33.9 Å². The second-order valence-corrected chi connectivity index (χ2v) is 4.06. The van der Waals surface area contributed by atoms with Gasteiger partial charge in [0.05, 0.1) is 6.04 Å². The van der Waals surface area contributed by atoms with Crippen LogP contribution in [0.3, 0.4) is 0 Å². The highest BCUT2D eigenvalue weighted by Crippen LogP contribution is 2.15. The molecule has 2 rings (SSSR count). The second kappa shape index (κ2) is 3.46. The van der Waals surface area contributed by atoms with Gasteiger partial charge in [-0.25, -0.2) is 0 Å². The standard InChI is InChI=1S/C9H16N4/c1-7(2)3-9-12-11-6-13(9)8-4-10-5-8/h6-8,10H,3-5H2,1-2H3. The Bertz CT molecular complexity index is 275. The second-order valence-electron chi connectivity index (χ2n) is 4.06. The van der Waals surface area contributed by atoms with Crippen molar-refractivity contribution in [2.24, 2.45) is 5.92 Å². The van der Waals surface area contributed by atoms with E-state index in [1.165, 1.54) is 0 Å². The smallest absolute Gasteiger partial charge is 0.133 e. The fourth-order valence-corrected chi connectivity index (χ4v) is 1.55. The van der Waals surface area contributed by atoms with Crippen LogP contribution in [0, 0.1) is 5.92 Å². The first-order valence-corrected chi connectivity index (χ1v) is 4.86. The van der Waals surface area contributed by atoms with Crippen LogP contribution >= 0.6 is 0 Å². The summed E-state index contributed by atoms with van der Waals surface area (Å²) in [6.07, 6.45) is 2.87. The molecule has 0 unspecified atom stereocenters. The molecule has 0 aliphatic carbocycles.